The minimum Gasteiger partial charge on any atom is -1.00 e. The summed E-state index contributed by atoms with van der Waals surface area (Å²) in [6.07, 6.45) is 38.2. The van der Waals surface area contributed by atoms with Crippen LogP contribution in [0.4, 0.5) is 9.59 Å². The number of nitrogens with zero attached hydrogens (tertiary/aromatic N) is 1. The Morgan fingerprint density at radius 3 is 1.57 bits per heavy atom. The number of alkyl carbamates (subject to hydrolysis) is 2. The molecule has 0 aromatic heterocycles. The van der Waals surface area contributed by atoms with Crippen molar-refractivity contribution >= 4 is 47.5 Å². The standard InChI is InChI=1S/C35H61N3O2S.C30H52N2O2.C4H7NS.2ClH/c1-24(2)9-8-10-25(3)29-14-15-30-28-13-12-26-23-27(16-18-34(26,4)31(28)17-19-35(29,30)5)40-33(39)38-21-20-37-32(36)11-6-7-22-41;1-20(2)7-6-8-21(3)25-11-12-26-24-10-9-22-19-23(34-28(33)32-18-17-31)13-15-29(22,4)27(24)14-16-30(25,26)5;5-4-2-1-3-6-4;;/h12,24-25,27-31,41H,6-11,13-23H2,1-5H3,(H2,36,37)(H,38,39);9,20-21,23-27H,6-8,10-19,31H2,1-5H3,(H,32,33);5H,1-3H2;2*1H/p-1. The van der Waals surface area contributed by atoms with Gasteiger partial charge in [0.1, 0.15) is 12.2 Å². The average Bonchev–Trinajstić information content (AvgIpc) is 2.22. The molecule has 0 bridgehead atoms. The molecule has 16 unspecified atom stereocenters. The van der Waals surface area contributed by atoms with E-state index in [4.69, 9.17) is 26.4 Å². The lowest BCUT2D eigenvalue weighted by atomic mass is 9.47. The second-order valence-electron chi connectivity index (χ2n) is 29.7. The van der Waals surface area contributed by atoms with E-state index in [1.54, 1.807) is 22.9 Å². The van der Waals surface area contributed by atoms with Crippen molar-refractivity contribution in [3.05, 3.63) is 23.3 Å². The Kier molecular flexibility index (Phi) is 28.9. The van der Waals surface area contributed by atoms with Gasteiger partial charge in [-0.2, -0.15) is 12.6 Å². The molecule has 14 heteroatoms. The lowest BCUT2D eigenvalue weighted by Gasteiger charge is -2.58. The number of carbonyl (C=O) groups excluding carboxylic acids is 2. The lowest BCUT2D eigenvalue weighted by Crippen LogP contribution is -3.00. The number of aliphatic imine (C=N–C) groups is 1. The zero-order valence-corrected chi connectivity index (χ0v) is 57.2. The molecule has 478 valence electrons. The van der Waals surface area contributed by atoms with E-state index in [1.165, 1.54) is 115 Å². The van der Waals surface area contributed by atoms with Crippen LogP contribution < -0.4 is 52.3 Å². The number of fused-ring (bicyclic) bond motifs is 10. The summed E-state index contributed by atoms with van der Waals surface area (Å²) in [4.78, 5) is 29.0. The summed E-state index contributed by atoms with van der Waals surface area (Å²) in [6.45, 7) is 26.9. The van der Waals surface area contributed by atoms with Crippen LogP contribution >= 0.6 is 24.4 Å². The topological polar surface area (TPSA) is 167 Å². The SMILES string of the molecule is CC(C)CCCC(C)C1CCC2C3CC=C4CC(OC(=O)NCCN)CCC4(C)C3CCC12C.CC(C)CCCC(C)C1CCC2C3CC=C4CC(OC(=O)NCCN=C(N)CCCCS)CCC4(C)C3CCC12C.[Cl-].[Cl-].[NH2+]=C1CCCS1. The Balaban J connectivity index is 0.000000273. The fraction of sp³-hybridized carbons (Fsp3) is 0.884. The van der Waals surface area contributed by atoms with Crippen LogP contribution in [0.5, 0.6) is 0 Å². The number of nitrogens with one attached hydrogen (secondary N) is 2. The van der Waals surface area contributed by atoms with Gasteiger partial charge in [-0.25, -0.2) is 9.59 Å². The van der Waals surface area contributed by atoms with E-state index in [-0.39, 0.29) is 54.6 Å². The number of hydrogen-bond donors (Lipinski definition) is 6. The highest BCUT2D eigenvalue weighted by Gasteiger charge is 2.61. The van der Waals surface area contributed by atoms with Crippen LogP contribution in [0.1, 0.15) is 243 Å². The lowest BCUT2D eigenvalue weighted by molar-refractivity contribution is -0.110. The first-order valence-corrected chi connectivity index (χ1v) is 35.4. The fourth-order valence-corrected chi connectivity index (χ4v) is 20.5. The number of rotatable bonds is 21. The summed E-state index contributed by atoms with van der Waals surface area (Å²) in [5, 5.41) is 12.2. The van der Waals surface area contributed by atoms with Gasteiger partial charge in [-0.1, -0.05) is 143 Å². The second kappa shape index (κ2) is 33.3. The molecule has 83 heavy (non-hydrogen) atoms. The van der Waals surface area contributed by atoms with Crippen LogP contribution in [-0.4, -0.2) is 73.0 Å². The van der Waals surface area contributed by atoms with E-state index in [1.807, 2.05) is 0 Å². The molecule has 1 heterocycles. The van der Waals surface area contributed by atoms with Crippen LogP contribution in [0.2, 0.25) is 0 Å². The molecule has 6 saturated carbocycles. The Morgan fingerprint density at radius 1 is 0.675 bits per heavy atom. The molecule has 8 aliphatic carbocycles. The number of unbranched alkanes of at least 4 members (excludes halogenated alkanes) is 1. The average molecular weight is 1230 g/mol. The van der Waals surface area contributed by atoms with E-state index >= 15 is 0 Å². The number of hydrogen-bond acceptors (Lipinski definition) is 8. The Bertz CT molecular complexity index is 2140. The van der Waals surface area contributed by atoms with Crippen molar-refractivity contribution < 1.29 is 49.3 Å². The molecule has 0 aromatic carbocycles. The highest BCUT2D eigenvalue weighted by atomic mass is 35.5. The van der Waals surface area contributed by atoms with Gasteiger partial charge in [0, 0.05) is 51.1 Å². The van der Waals surface area contributed by atoms with Crippen LogP contribution in [0.15, 0.2) is 28.3 Å². The fourth-order valence-electron chi connectivity index (χ4n) is 19.4. The summed E-state index contributed by atoms with van der Waals surface area (Å²) in [5.41, 5.74) is 16.3. The van der Waals surface area contributed by atoms with Crippen molar-refractivity contribution in [2.24, 2.45) is 109 Å². The molecule has 7 fully saturated rings. The van der Waals surface area contributed by atoms with Gasteiger partial charge in [0.2, 0.25) is 5.04 Å². The Hall–Kier alpha value is -1.60. The van der Waals surface area contributed by atoms with Gasteiger partial charge < -0.3 is 56.4 Å². The highest BCUT2D eigenvalue weighted by molar-refractivity contribution is 8.14. The van der Waals surface area contributed by atoms with Gasteiger partial charge in [-0.05, 0) is 208 Å². The van der Waals surface area contributed by atoms with Gasteiger partial charge in [-0.15, -0.1) is 0 Å². The molecular weight excluding hydrogens is 1110 g/mol. The number of ether oxygens (including phenoxy) is 2. The van der Waals surface area contributed by atoms with Crippen LogP contribution in [0.3, 0.4) is 0 Å². The molecule has 1 aliphatic heterocycles. The molecule has 0 spiro atoms. The van der Waals surface area contributed by atoms with Crippen molar-refractivity contribution in [1.29, 1.82) is 0 Å². The Labute approximate surface area is 529 Å². The second-order valence-corrected chi connectivity index (χ2v) is 31.4. The normalized spacial score (nSPS) is 35.7. The molecule has 9 aliphatic rings. The molecule has 1 saturated heterocycles. The maximum atomic E-state index is 12.5. The predicted octanol–water partition coefficient (Wildman–Crippen LogP) is 9.34. The molecule has 8 N–H and O–H groups in total. The van der Waals surface area contributed by atoms with Crippen molar-refractivity contribution in [2.45, 2.75) is 255 Å². The number of carbonyl (C=O) groups is 2. The minimum absolute atomic E-state index is 0. The van der Waals surface area contributed by atoms with Gasteiger partial charge in [-0.3, -0.25) is 10.4 Å². The van der Waals surface area contributed by atoms with E-state index in [0.29, 0.717) is 48.3 Å². The minimum atomic E-state index is -0.315. The largest absolute Gasteiger partial charge is 1.00 e. The highest BCUT2D eigenvalue weighted by Crippen LogP contribution is 2.69. The molecule has 0 radical (unpaired) electrons. The third-order valence-electron chi connectivity index (χ3n) is 23.9. The van der Waals surface area contributed by atoms with E-state index in [2.05, 4.69) is 110 Å². The van der Waals surface area contributed by atoms with Crippen LogP contribution in [0, 0.1) is 92.7 Å². The summed E-state index contributed by atoms with van der Waals surface area (Å²) < 4.78 is 11.7. The van der Waals surface area contributed by atoms with Crippen molar-refractivity contribution in [3.63, 3.8) is 0 Å². The van der Waals surface area contributed by atoms with Crippen LogP contribution in [-0.2, 0) is 9.47 Å². The first-order valence-electron chi connectivity index (χ1n) is 33.8. The third-order valence-corrected chi connectivity index (χ3v) is 25.3. The molecule has 0 aromatic rings. The summed E-state index contributed by atoms with van der Waals surface area (Å²) in [7, 11) is 0. The summed E-state index contributed by atoms with van der Waals surface area (Å²) in [6, 6.07) is 0. The van der Waals surface area contributed by atoms with E-state index in [9.17, 15) is 9.59 Å². The number of nitrogens with two attached hydrogens (primary N) is 3. The maximum Gasteiger partial charge on any atom is 0.407 e. The van der Waals surface area contributed by atoms with Gasteiger partial charge >= 0.3 is 12.2 Å². The molecule has 9 rings (SSSR count). The van der Waals surface area contributed by atoms with E-state index < -0.39 is 0 Å². The zero-order valence-electron chi connectivity index (χ0n) is 54.0. The zero-order chi connectivity index (χ0) is 58.5. The summed E-state index contributed by atoms with van der Waals surface area (Å²) >= 11 is 6.02. The van der Waals surface area contributed by atoms with Crippen molar-refractivity contribution in [1.82, 2.24) is 10.6 Å². The number of halogens is 2. The molecule has 10 nitrogen and oxygen atoms in total. The first-order chi connectivity index (χ1) is 38.7. The van der Waals surface area contributed by atoms with Gasteiger partial charge in [0.25, 0.3) is 0 Å². The maximum absolute atomic E-state index is 12.5. The number of allylic oxidation sites excluding steroid dienone is 2. The molecule has 16 atom stereocenters. The number of thiol groups is 1. The number of thioether (sulfide) groups is 1. The van der Waals surface area contributed by atoms with E-state index in [0.717, 1.165) is 146 Å². The van der Waals surface area contributed by atoms with Crippen LogP contribution in [0.25, 0.3) is 0 Å². The molecule has 2 amide bonds. The predicted molar refractivity (Wildman–Crippen MR) is 345 cm³/mol. The van der Waals surface area contributed by atoms with Gasteiger partial charge in [0.05, 0.1) is 12.4 Å². The quantitative estimate of drug-likeness (QED) is 0.0219. The Morgan fingerprint density at radius 2 is 1.16 bits per heavy atom. The van der Waals surface area contributed by atoms with Crippen molar-refractivity contribution in [3.8, 4) is 0 Å². The van der Waals surface area contributed by atoms with Crippen molar-refractivity contribution in [2.75, 3.05) is 37.7 Å². The summed E-state index contributed by atoms with van der Waals surface area (Å²) in [5.74, 6) is 13.0. The number of amidine groups is 1. The van der Waals surface area contributed by atoms with Gasteiger partial charge in [0.15, 0.2) is 0 Å². The number of amides is 2. The monoisotopic (exact) mass is 1230 g/mol. The molecular formula is C69H121Cl2N6O4S2-. The first kappa shape index (κ1) is 72.1. The third kappa shape index (κ3) is 18.1. The smallest absolute Gasteiger partial charge is 0.407 e.